The van der Waals surface area contributed by atoms with Crippen molar-refractivity contribution in [2.45, 2.75) is 39.7 Å². The fourth-order valence-electron chi connectivity index (χ4n) is 1.93. The molecule has 2 atom stereocenters. The molecule has 3 heteroatoms. The molecule has 0 fully saturated rings. The zero-order valence-electron chi connectivity index (χ0n) is 10.8. The summed E-state index contributed by atoms with van der Waals surface area (Å²) in [5.41, 5.74) is 0.765. The lowest BCUT2D eigenvalue weighted by atomic mass is 9.94. The molecule has 96 valence electrons. The monoisotopic (exact) mass is 301 g/mol. The fourth-order valence-corrected chi connectivity index (χ4v) is 2.31. The molecular weight excluding hydrogens is 281 g/mol. The zero-order valence-corrected chi connectivity index (χ0v) is 12.3. The van der Waals surface area contributed by atoms with Gasteiger partial charge >= 0.3 is 0 Å². The lowest BCUT2D eigenvalue weighted by Gasteiger charge is -2.22. The largest absolute Gasteiger partial charge is 0.310 e. The van der Waals surface area contributed by atoms with Crippen molar-refractivity contribution in [3.05, 3.63) is 34.1 Å². The topological polar surface area (TPSA) is 12.0 Å². The highest BCUT2D eigenvalue weighted by atomic mass is 79.9. The molecule has 0 amide bonds. The maximum absolute atomic E-state index is 14.0. The van der Waals surface area contributed by atoms with Crippen LogP contribution in [0, 0.1) is 11.7 Å². The molecule has 0 bridgehead atoms. The van der Waals surface area contributed by atoms with E-state index in [1.165, 1.54) is 0 Å². The quantitative estimate of drug-likeness (QED) is 0.805. The van der Waals surface area contributed by atoms with Crippen molar-refractivity contribution in [2.75, 3.05) is 6.54 Å². The third-order valence-corrected chi connectivity index (χ3v) is 3.75. The number of benzene rings is 1. The van der Waals surface area contributed by atoms with Crippen LogP contribution in [0.3, 0.4) is 0 Å². The first-order valence-corrected chi connectivity index (χ1v) is 7.06. The maximum Gasteiger partial charge on any atom is 0.142 e. The highest BCUT2D eigenvalue weighted by molar-refractivity contribution is 9.10. The predicted octanol–water partition coefficient (Wildman–Crippen LogP) is 4.68. The van der Waals surface area contributed by atoms with Gasteiger partial charge in [-0.2, -0.15) is 0 Å². The van der Waals surface area contributed by atoms with Crippen molar-refractivity contribution < 1.29 is 4.39 Å². The predicted molar refractivity (Wildman–Crippen MR) is 74.6 cm³/mol. The first-order chi connectivity index (χ1) is 8.10. The Morgan fingerprint density at radius 3 is 2.65 bits per heavy atom. The van der Waals surface area contributed by atoms with Gasteiger partial charge < -0.3 is 5.32 Å². The van der Waals surface area contributed by atoms with Crippen LogP contribution < -0.4 is 5.32 Å². The third kappa shape index (κ3) is 4.07. The Hall–Kier alpha value is -0.410. The highest BCUT2D eigenvalue weighted by Gasteiger charge is 2.18. The summed E-state index contributed by atoms with van der Waals surface area (Å²) >= 11 is 3.25. The average Bonchev–Trinajstić information content (AvgIpc) is 2.32. The molecule has 1 aromatic rings. The van der Waals surface area contributed by atoms with E-state index in [0.29, 0.717) is 10.4 Å². The molecule has 0 saturated heterocycles. The first kappa shape index (κ1) is 14.7. The lowest BCUT2D eigenvalue weighted by Crippen LogP contribution is -2.23. The summed E-state index contributed by atoms with van der Waals surface area (Å²) in [5.74, 6) is 0.458. The number of hydrogen-bond donors (Lipinski definition) is 1. The minimum atomic E-state index is -0.137. The summed E-state index contributed by atoms with van der Waals surface area (Å²) in [7, 11) is 0. The van der Waals surface area contributed by atoms with Gasteiger partial charge in [0.1, 0.15) is 5.82 Å². The Labute approximate surface area is 112 Å². The molecule has 0 radical (unpaired) electrons. The zero-order chi connectivity index (χ0) is 12.8. The first-order valence-electron chi connectivity index (χ1n) is 6.27. The van der Waals surface area contributed by atoms with Gasteiger partial charge in [-0.15, -0.1) is 0 Å². The molecule has 1 aromatic carbocycles. The van der Waals surface area contributed by atoms with Crippen molar-refractivity contribution in [1.29, 1.82) is 0 Å². The van der Waals surface area contributed by atoms with E-state index < -0.39 is 0 Å². The average molecular weight is 302 g/mol. The minimum absolute atomic E-state index is 0.104. The molecule has 0 aromatic heterocycles. The standard InChI is InChI=1S/C14H21BrFN/c1-4-10(3)9-13(17-5-2)11-7-6-8-12(15)14(11)16/h6-8,10,13,17H,4-5,9H2,1-3H3. The lowest BCUT2D eigenvalue weighted by molar-refractivity contribution is 0.397. The summed E-state index contributed by atoms with van der Waals surface area (Å²) in [6.07, 6.45) is 2.09. The van der Waals surface area contributed by atoms with Crippen molar-refractivity contribution in [3.8, 4) is 0 Å². The Kier molecular flexibility index (Phi) is 6.14. The highest BCUT2D eigenvalue weighted by Crippen LogP contribution is 2.28. The van der Waals surface area contributed by atoms with Gasteiger partial charge in [0, 0.05) is 11.6 Å². The van der Waals surface area contributed by atoms with Gasteiger partial charge in [0.2, 0.25) is 0 Å². The molecular formula is C14H21BrFN. The van der Waals surface area contributed by atoms with Gasteiger partial charge in [-0.3, -0.25) is 0 Å². The molecule has 1 N–H and O–H groups in total. The minimum Gasteiger partial charge on any atom is -0.310 e. The second-order valence-electron chi connectivity index (χ2n) is 4.50. The van der Waals surface area contributed by atoms with Crippen LogP contribution >= 0.6 is 15.9 Å². The van der Waals surface area contributed by atoms with E-state index in [4.69, 9.17) is 0 Å². The molecule has 0 saturated carbocycles. The Morgan fingerprint density at radius 1 is 1.35 bits per heavy atom. The normalized spacial score (nSPS) is 14.6. The van der Waals surface area contributed by atoms with Gasteiger partial charge in [0.15, 0.2) is 0 Å². The van der Waals surface area contributed by atoms with E-state index in [-0.39, 0.29) is 11.9 Å². The van der Waals surface area contributed by atoms with Gasteiger partial charge in [-0.05, 0) is 40.9 Å². The SMILES string of the molecule is CCNC(CC(C)CC)c1cccc(Br)c1F. The third-order valence-electron chi connectivity index (χ3n) is 3.14. The van der Waals surface area contributed by atoms with Crippen molar-refractivity contribution in [2.24, 2.45) is 5.92 Å². The number of hydrogen-bond acceptors (Lipinski definition) is 1. The number of nitrogens with one attached hydrogen (secondary N) is 1. The van der Waals surface area contributed by atoms with Crippen LogP contribution in [0.4, 0.5) is 4.39 Å². The van der Waals surface area contributed by atoms with Crippen molar-refractivity contribution in [3.63, 3.8) is 0 Å². The number of rotatable bonds is 6. The molecule has 0 heterocycles. The summed E-state index contributed by atoms with van der Waals surface area (Å²) in [6, 6.07) is 5.61. The van der Waals surface area contributed by atoms with Crippen LogP contribution in [0.5, 0.6) is 0 Å². The molecule has 17 heavy (non-hydrogen) atoms. The van der Waals surface area contributed by atoms with E-state index >= 15 is 0 Å². The van der Waals surface area contributed by atoms with E-state index in [0.717, 1.165) is 24.9 Å². The van der Waals surface area contributed by atoms with Gasteiger partial charge in [-0.1, -0.05) is 39.3 Å². The Morgan fingerprint density at radius 2 is 2.06 bits per heavy atom. The van der Waals surface area contributed by atoms with Crippen LogP contribution in [-0.2, 0) is 0 Å². The van der Waals surface area contributed by atoms with Crippen molar-refractivity contribution in [1.82, 2.24) is 5.32 Å². The fraction of sp³-hybridized carbons (Fsp3) is 0.571. The maximum atomic E-state index is 14.0. The van der Waals surface area contributed by atoms with Crippen LogP contribution in [0.2, 0.25) is 0 Å². The van der Waals surface area contributed by atoms with Crippen LogP contribution in [0.15, 0.2) is 22.7 Å². The summed E-state index contributed by atoms with van der Waals surface area (Å²) in [6.45, 7) is 7.29. The molecule has 0 aliphatic heterocycles. The second kappa shape index (κ2) is 7.12. The summed E-state index contributed by atoms with van der Waals surface area (Å²) < 4.78 is 14.6. The van der Waals surface area contributed by atoms with E-state index in [2.05, 4.69) is 42.0 Å². The van der Waals surface area contributed by atoms with Crippen molar-refractivity contribution >= 4 is 15.9 Å². The van der Waals surface area contributed by atoms with Gasteiger partial charge in [-0.25, -0.2) is 4.39 Å². The van der Waals surface area contributed by atoms with Crippen LogP contribution in [-0.4, -0.2) is 6.54 Å². The number of halogens is 2. The Bertz CT molecular complexity index is 354. The molecule has 0 spiro atoms. The van der Waals surface area contributed by atoms with Crippen LogP contribution in [0.25, 0.3) is 0 Å². The smallest absolute Gasteiger partial charge is 0.142 e. The van der Waals surface area contributed by atoms with Gasteiger partial charge in [0.25, 0.3) is 0 Å². The molecule has 0 aliphatic rings. The second-order valence-corrected chi connectivity index (χ2v) is 5.36. The summed E-state index contributed by atoms with van der Waals surface area (Å²) in [4.78, 5) is 0. The molecule has 1 nitrogen and oxygen atoms in total. The van der Waals surface area contributed by atoms with E-state index in [1.54, 1.807) is 6.07 Å². The van der Waals surface area contributed by atoms with E-state index in [9.17, 15) is 4.39 Å². The molecule has 1 rings (SSSR count). The summed E-state index contributed by atoms with van der Waals surface area (Å²) in [5, 5.41) is 3.37. The van der Waals surface area contributed by atoms with Crippen LogP contribution in [0.1, 0.15) is 45.2 Å². The Balaban J connectivity index is 2.92. The van der Waals surface area contributed by atoms with E-state index in [1.807, 2.05) is 12.1 Å². The van der Waals surface area contributed by atoms with Gasteiger partial charge in [0.05, 0.1) is 4.47 Å². The molecule has 0 aliphatic carbocycles. The molecule has 2 unspecified atom stereocenters.